The van der Waals surface area contributed by atoms with Crippen molar-refractivity contribution >= 4 is 48.4 Å². The minimum atomic E-state index is -1.27. The molecule has 0 bridgehead atoms. The van der Waals surface area contributed by atoms with E-state index in [2.05, 4.69) is 29.6 Å². The molecule has 0 unspecified atom stereocenters. The first kappa shape index (κ1) is 21.9. The van der Waals surface area contributed by atoms with Crippen molar-refractivity contribution in [2.75, 3.05) is 20.2 Å². The molecule has 150 valence electrons. The van der Waals surface area contributed by atoms with Crippen molar-refractivity contribution in [1.29, 1.82) is 0 Å². The smallest absolute Gasteiger partial charge is 0.407 e. The third kappa shape index (κ3) is 5.53. The Balaban J connectivity index is 2.35. The van der Waals surface area contributed by atoms with Crippen LogP contribution < -0.4 is 0 Å². The van der Waals surface area contributed by atoms with Crippen LogP contribution in [0.3, 0.4) is 0 Å². The van der Waals surface area contributed by atoms with Gasteiger partial charge in [0, 0.05) is 34.7 Å². The van der Waals surface area contributed by atoms with Gasteiger partial charge in [0.05, 0.1) is 11.1 Å². The van der Waals surface area contributed by atoms with Gasteiger partial charge in [-0.2, -0.15) is 4.98 Å². The van der Waals surface area contributed by atoms with E-state index < -0.39 is 20.0 Å². The van der Waals surface area contributed by atoms with Gasteiger partial charge in [0.1, 0.15) is 11.9 Å². The Labute approximate surface area is 168 Å². The van der Waals surface area contributed by atoms with Crippen LogP contribution in [0.5, 0.6) is 0 Å². The lowest BCUT2D eigenvalue weighted by molar-refractivity contribution is 0.0872. The van der Waals surface area contributed by atoms with E-state index in [0.717, 1.165) is 10.9 Å². The second-order valence-electron chi connectivity index (χ2n) is 7.47. The van der Waals surface area contributed by atoms with Crippen LogP contribution in [-0.4, -0.2) is 58.9 Å². The second kappa shape index (κ2) is 8.72. The van der Waals surface area contributed by atoms with E-state index in [4.69, 9.17) is 33.0 Å². The number of hydrogen-bond donors (Lipinski definition) is 1. The Hall–Kier alpha value is -1.42. The van der Waals surface area contributed by atoms with Gasteiger partial charge >= 0.3 is 6.09 Å². The summed E-state index contributed by atoms with van der Waals surface area (Å²) in [4.78, 5) is 20.0. The first-order chi connectivity index (χ1) is 12.5. The number of ether oxygens (including phenoxy) is 1. The maximum absolute atomic E-state index is 15.0. The van der Waals surface area contributed by atoms with Gasteiger partial charge in [-0.1, -0.05) is 31.2 Å². The van der Waals surface area contributed by atoms with Crippen molar-refractivity contribution in [3.63, 3.8) is 0 Å². The minimum absolute atomic E-state index is 0.0582. The Morgan fingerprint density at radius 3 is 2.59 bits per heavy atom. The molecule has 7 nitrogen and oxygen atoms in total. The maximum Gasteiger partial charge on any atom is 0.407 e. The number of nitrogens with zero attached hydrogens (tertiary/aromatic N) is 4. The van der Waals surface area contributed by atoms with Crippen molar-refractivity contribution in [2.45, 2.75) is 38.8 Å². The lowest BCUT2D eigenvalue weighted by Gasteiger charge is -2.17. The van der Waals surface area contributed by atoms with E-state index >= 15 is 0 Å². The zero-order chi connectivity index (χ0) is 20.4. The van der Waals surface area contributed by atoms with Crippen molar-refractivity contribution in [2.24, 2.45) is 0 Å². The van der Waals surface area contributed by atoms with Crippen LogP contribution in [0.1, 0.15) is 5.69 Å². The highest BCUT2D eigenvalue weighted by Gasteiger charge is 2.23. The summed E-state index contributed by atoms with van der Waals surface area (Å²) >= 11 is 11.9. The molecule has 2 rings (SSSR count). The zero-order valence-corrected chi connectivity index (χ0v) is 18.2. The summed E-state index contributed by atoms with van der Waals surface area (Å²) < 4.78 is 22.3. The van der Waals surface area contributed by atoms with Gasteiger partial charge in [-0.15, -0.1) is 0 Å². The van der Waals surface area contributed by atoms with Crippen molar-refractivity contribution in [3.05, 3.63) is 21.9 Å². The molecule has 0 aliphatic carbocycles. The van der Waals surface area contributed by atoms with Gasteiger partial charge in [0.25, 0.3) is 0 Å². The van der Waals surface area contributed by atoms with Gasteiger partial charge < -0.3 is 19.3 Å². The van der Waals surface area contributed by atoms with Gasteiger partial charge in [0.15, 0.2) is 11.5 Å². The van der Waals surface area contributed by atoms with E-state index in [0.29, 0.717) is 6.61 Å². The Bertz CT molecular complexity index is 841. The summed E-state index contributed by atoms with van der Waals surface area (Å²) in [5.41, 5.74) is 0.489. The molecule has 1 amide bonds. The molecule has 0 fully saturated rings. The summed E-state index contributed by atoms with van der Waals surface area (Å²) in [6, 6.07) is 0.961. The third-order valence-corrected chi connectivity index (χ3v) is 6.25. The summed E-state index contributed by atoms with van der Waals surface area (Å²) in [6.45, 7) is 7.43. The normalized spacial score (nSPS) is 12.0. The number of carbonyl (C=O) groups is 1. The van der Waals surface area contributed by atoms with E-state index in [1.54, 1.807) is 4.57 Å². The fourth-order valence-electron chi connectivity index (χ4n) is 2.46. The number of aromatic nitrogens is 3. The number of hydrogen-bond acceptors (Lipinski definition) is 4. The van der Waals surface area contributed by atoms with Crippen LogP contribution in [0, 0.1) is 5.82 Å². The molecule has 0 saturated carbocycles. The van der Waals surface area contributed by atoms with Crippen LogP contribution in [-0.2, 0) is 17.9 Å². The highest BCUT2D eigenvalue weighted by molar-refractivity contribution is 6.76. The number of rotatable bonds is 8. The van der Waals surface area contributed by atoms with Crippen LogP contribution in [0.15, 0.2) is 0 Å². The largest absolute Gasteiger partial charge is 0.465 e. The maximum atomic E-state index is 15.0. The molecule has 0 saturated heterocycles. The highest BCUT2D eigenvalue weighted by atomic mass is 35.5. The molecule has 0 aliphatic rings. The van der Waals surface area contributed by atoms with Crippen LogP contribution >= 0.6 is 23.2 Å². The molecule has 2 heterocycles. The van der Waals surface area contributed by atoms with E-state index in [1.807, 2.05) is 0 Å². The first-order valence-electron chi connectivity index (χ1n) is 8.42. The average Bonchev–Trinajstić information content (AvgIpc) is 2.80. The van der Waals surface area contributed by atoms with Crippen LogP contribution in [0.25, 0.3) is 11.0 Å². The summed E-state index contributed by atoms with van der Waals surface area (Å²) in [5, 5.41) is 8.89. The topological polar surface area (TPSA) is 80.5 Å². The van der Waals surface area contributed by atoms with Crippen molar-refractivity contribution < 1.29 is 19.0 Å². The van der Waals surface area contributed by atoms with Gasteiger partial charge in [-0.05, 0) is 17.6 Å². The predicted octanol–water partition coefficient (Wildman–Crippen LogP) is 4.34. The molecule has 2 aromatic heterocycles. The number of carboxylic acid groups (broad SMARTS) is 1. The monoisotopic (exact) mass is 436 g/mol. The summed E-state index contributed by atoms with van der Waals surface area (Å²) in [6.07, 6.45) is -0.957. The number of fused-ring (bicyclic) bond motifs is 1. The van der Waals surface area contributed by atoms with Gasteiger partial charge in [0.2, 0.25) is 5.28 Å². The predicted molar refractivity (Wildman–Crippen MR) is 106 cm³/mol. The van der Waals surface area contributed by atoms with E-state index in [-0.39, 0.29) is 46.9 Å². The van der Waals surface area contributed by atoms with Crippen molar-refractivity contribution in [1.82, 2.24) is 19.4 Å². The van der Waals surface area contributed by atoms with Gasteiger partial charge in [-0.25, -0.2) is 14.2 Å². The average molecular weight is 437 g/mol. The number of halogens is 3. The second-order valence-corrected chi connectivity index (χ2v) is 13.8. The minimum Gasteiger partial charge on any atom is -0.465 e. The first-order valence-corrected chi connectivity index (χ1v) is 12.9. The molecule has 1 N–H and O–H groups in total. The highest BCUT2D eigenvalue weighted by Crippen LogP contribution is 2.30. The molecule has 11 heteroatoms. The number of amides is 1. The van der Waals surface area contributed by atoms with Crippen LogP contribution in [0.2, 0.25) is 36.1 Å². The zero-order valence-electron chi connectivity index (χ0n) is 15.7. The van der Waals surface area contributed by atoms with E-state index in [9.17, 15) is 9.18 Å². The molecule has 0 atom stereocenters. The molecule has 0 spiro atoms. The Morgan fingerprint density at radius 1 is 1.33 bits per heavy atom. The molecule has 0 aromatic carbocycles. The molecule has 2 aromatic rings. The standard InChI is InChI=1S/C16H23Cl2FN4O3Si/c1-22(16(24)25)6-5-10-12(19)11-13(17)20-15(18)21-14(11)23(10)9-26-7-8-27(2,3)4/h5-9H2,1-4H3,(H,24,25). The lowest BCUT2D eigenvalue weighted by Crippen LogP contribution is -2.27. The Kier molecular flexibility index (Phi) is 7.07. The third-order valence-electron chi connectivity index (χ3n) is 4.10. The summed E-state index contributed by atoms with van der Waals surface area (Å²) in [7, 11) is 0.152. The molecule has 27 heavy (non-hydrogen) atoms. The molecular formula is C16H23Cl2FN4O3Si. The van der Waals surface area contributed by atoms with E-state index in [1.165, 1.54) is 7.05 Å². The summed E-state index contributed by atoms with van der Waals surface area (Å²) in [5.74, 6) is -0.584. The molecular weight excluding hydrogens is 414 g/mol. The fourth-order valence-corrected chi connectivity index (χ4v) is 3.67. The van der Waals surface area contributed by atoms with Gasteiger partial charge in [-0.3, -0.25) is 0 Å². The van der Waals surface area contributed by atoms with Crippen LogP contribution in [0.4, 0.5) is 9.18 Å². The molecule has 0 aliphatic heterocycles. The Morgan fingerprint density at radius 2 is 2.00 bits per heavy atom. The SMILES string of the molecule is CN(CCc1c(F)c2c(Cl)nc(Cl)nc2n1COCC[Si](C)(C)C)C(=O)O. The quantitative estimate of drug-likeness (QED) is 0.288. The lowest BCUT2D eigenvalue weighted by atomic mass is 10.2. The molecule has 0 radical (unpaired) electrons. The number of likely N-dealkylation sites (N-methyl/N-ethyl adjacent to an activating group) is 1. The fraction of sp³-hybridized carbons (Fsp3) is 0.562. The van der Waals surface area contributed by atoms with Crippen molar-refractivity contribution in [3.8, 4) is 0 Å².